The van der Waals surface area contributed by atoms with Crippen LogP contribution in [0.5, 0.6) is 11.5 Å². The highest BCUT2D eigenvalue weighted by Crippen LogP contribution is 2.42. The molecule has 3 aromatic carbocycles. The lowest BCUT2D eigenvalue weighted by Crippen LogP contribution is -2.60. The van der Waals surface area contributed by atoms with Crippen LogP contribution >= 0.6 is 0 Å². The van der Waals surface area contributed by atoms with E-state index in [1.807, 2.05) is 54.6 Å². The Morgan fingerprint density at radius 3 is 1.39 bits per heavy atom. The van der Waals surface area contributed by atoms with E-state index >= 15 is 0 Å². The van der Waals surface area contributed by atoms with Gasteiger partial charge < -0.3 is 92.7 Å². The number of rotatable bonds is 36. The van der Waals surface area contributed by atoms with Crippen LogP contribution in [0.25, 0.3) is 0 Å². The summed E-state index contributed by atoms with van der Waals surface area (Å²) in [6, 6.07) is 22.4. The first-order valence-electron chi connectivity index (χ1n) is 31.6. The summed E-state index contributed by atoms with van der Waals surface area (Å²) in [5.41, 5.74) is 0.797. The Labute approximate surface area is 576 Å². The van der Waals surface area contributed by atoms with Crippen molar-refractivity contribution in [2.45, 2.75) is 142 Å². The minimum Gasteiger partial charge on any atom is -0.497 e. The molecule has 2 fully saturated rings. The number of hydrogen-bond donors (Lipinski definition) is 5. The molecule has 0 saturated carbocycles. The first kappa shape index (κ1) is 80.9. The molecule has 3 aromatic rings. The maximum atomic E-state index is 14.0. The average Bonchev–Trinajstić information content (AvgIpc) is 0.765. The fourth-order valence-electron chi connectivity index (χ4n) is 10.5. The summed E-state index contributed by atoms with van der Waals surface area (Å²) in [5, 5.41) is 21.6. The molecule has 100 heavy (non-hydrogen) atoms. The molecule has 5 rings (SSSR count). The lowest BCUT2D eigenvalue weighted by Gasteiger charge is -2.43. The van der Waals surface area contributed by atoms with E-state index in [1.54, 1.807) is 38.5 Å². The molecular formula is C67H86N6O27. The summed E-state index contributed by atoms with van der Waals surface area (Å²) in [7, 11) is 3.09. The van der Waals surface area contributed by atoms with Gasteiger partial charge in [-0.2, -0.15) is 0 Å². The highest BCUT2D eigenvalue weighted by Gasteiger charge is 2.52. The van der Waals surface area contributed by atoms with Gasteiger partial charge in [0.05, 0.1) is 32.7 Å². The number of ether oxygens (including phenoxy) is 14. The van der Waals surface area contributed by atoms with Crippen LogP contribution < -0.4 is 30.7 Å². The largest absolute Gasteiger partial charge is 0.497 e. The predicted molar refractivity (Wildman–Crippen MR) is 345 cm³/mol. The Morgan fingerprint density at radius 2 is 0.950 bits per heavy atom. The minimum absolute atomic E-state index is 0.0469. The molecule has 2 aliphatic heterocycles. The van der Waals surface area contributed by atoms with Crippen LogP contribution in [-0.4, -0.2) is 224 Å². The molecule has 0 aliphatic carbocycles. The van der Waals surface area contributed by atoms with Crippen LogP contribution in [0.3, 0.4) is 0 Å². The number of carbonyl (C=O) groups is 12. The molecule has 33 nitrogen and oxygen atoms in total. The number of aliphatic hydroxyl groups is 1. The summed E-state index contributed by atoms with van der Waals surface area (Å²) < 4.78 is 78.8. The summed E-state index contributed by atoms with van der Waals surface area (Å²) in [6.45, 7) is 4.65. The molecule has 33 heteroatoms. The second-order valence-corrected chi connectivity index (χ2v) is 22.6. The number of aliphatic imine (C=N–C) groups is 2. The van der Waals surface area contributed by atoms with E-state index < -0.39 is 183 Å². The fourth-order valence-corrected chi connectivity index (χ4v) is 10.5. The minimum atomic E-state index is -1.62. The van der Waals surface area contributed by atoms with Crippen molar-refractivity contribution < 1.29 is 129 Å². The monoisotopic (exact) mass is 1410 g/mol. The van der Waals surface area contributed by atoms with Crippen LogP contribution in [0.1, 0.15) is 91.3 Å². The van der Waals surface area contributed by atoms with Gasteiger partial charge in [0.25, 0.3) is 0 Å². The first-order valence-corrected chi connectivity index (χ1v) is 31.6. The van der Waals surface area contributed by atoms with E-state index in [2.05, 4.69) is 31.3 Å². The van der Waals surface area contributed by atoms with E-state index in [-0.39, 0.29) is 45.5 Å². The van der Waals surface area contributed by atoms with Gasteiger partial charge in [-0.3, -0.25) is 52.7 Å². The number of nitrogens with zero attached hydrogens (tertiary/aromatic N) is 2. The smallest absolute Gasteiger partial charge is 0.407 e. The topological polar surface area (TPSA) is 427 Å². The van der Waals surface area contributed by atoms with Crippen molar-refractivity contribution in [1.29, 1.82) is 0 Å². The van der Waals surface area contributed by atoms with Gasteiger partial charge in [0, 0.05) is 87.5 Å². The normalized spacial score (nSPS) is 21.0. The second kappa shape index (κ2) is 40.9. The van der Waals surface area contributed by atoms with Crippen molar-refractivity contribution in [3.8, 4) is 11.5 Å². The van der Waals surface area contributed by atoms with Gasteiger partial charge in [-0.1, -0.05) is 54.6 Å². The van der Waals surface area contributed by atoms with Gasteiger partial charge in [-0.25, -0.2) is 14.8 Å². The zero-order valence-corrected chi connectivity index (χ0v) is 57.0. The maximum Gasteiger partial charge on any atom is 0.407 e. The highest BCUT2D eigenvalue weighted by molar-refractivity contribution is 5.88. The van der Waals surface area contributed by atoms with E-state index in [9.17, 15) is 62.6 Å². The molecule has 0 radical (unpaired) electrons. The summed E-state index contributed by atoms with van der Waals surface area (Å²) in [6.07, 6.45) is -11.6. The standard InChI is InChI=1S/C67H86N6O27/c1-38(74)71-30-52-59(95-42(5)78)61(97-44(7)80)55(34-89-40(3)76)99-64(52)91-36-57(83)68-27-15-14-18-54(73-58(84)37-92-65-53(31-72-39(2)75)60(96-43(6)79)62(98-45(8)81)56(100-65)35-90-41(4)77)63(85)69-28-29-70-66(86)93-32-49(82)33-94-67(46-16-12-11-13-17-46,47-19-23-50(87-9)24-20-47)48-21-25-51(88-10)26-22-48/h11-13,16-17,19-26,30-31,49,52-56,59-62,64-65,82H,14-15,18,27-29,32-37H2,1-10H3,(H,68,83)(H,69,85)(H,70,86)(H,73,84)/b71-30+,72-31+/t49?,52?,53?,54?,55-,56-,59-,60?,61+,62+,64-,65-/m1/s1. The molecule has 546 valence electrons. The Kier molecular flexibility index (Phi) is 33.1. The second-order valence-electron chi connectivity index (χ2n) is 22.6. The lowest BCUT2D eigenvalue weighted by molar-refractivity contribution is -0.277. The molecular weight excluding hydrogens is 1320 g/mol. The van der Waals surface area contributed by atoms with E-state index in [0.29, 0.717) is 28.2 Å². The zero-order chi connectivity index (χ0) is 73.5. The van der Waals surface area contributed by atoms with E-state index in [1.165, 1.54) is 0 Å². The van der Waals surface area contributed by atoms with Crippen molar-refractivity contribution >= 4 is 83.9 Å². The van der Waals surface area contributed by atoms with Gasteiger partial charge in [0.2, 0.25) is 29.5 Å². The van der Waals surface area contributed by atoms with Gasteiger partial charge in [-0.15, -0.1) is 0 Å². The van der Waals surface area contributed by atoms with Crippen molar-refractivity contribution in [3.63, 3.8) is 0 Å². The number of unbranched alkanes of at least 4 members (excludes halogenated alkanes) is 1. The zero-order valence-electron chi connectivity index (χ0n) is 57.0. The number of esters is 6. The third-order valence-electron chi connectivity index (χ3n) is 14.8. The summed E-state index contributed by atoms with van der Waals surface area (Å²) >= 11 is 0. The number of amides is 6. The van der Waals surface area contributed by atoms with E-state index in [0.717, 1.165) is 67.8 Å². The lowest BCUT2D eigenvalue weighted by atomic mass is 9.80. The molecule has 0 spiro atoms. The van der Waals surface area contributed by atoms with Gasteiger partial charge in [-0.05, 0) is 60.2 Å². The number of hydrogen-bond acceptors (Lipinski definition) is 27. The van der Waals surface area contributed by atoms with Crippen LogP contribution in [0, 0.1) is 11.8 Å². The fraction of sp³-hybridized carbons (Fsp3) is 0.522. The summed E-state index contributed by atoms with van der Waals surface area (Å²) in [4.78, 5) is 159. The first-order chi connectivity index (χ1) is 47.6. The number of benzene rings is 3. The van der Waals surface area contributed by atoms with Crippen LogP contribution in [0.2, 0.25) is 0 Å². The molecule has 12 atom stereocenters. The van der Waals surface area contributed by atoms with Crippen molar-refractivity contribution in [3.05, 3.63) is 95.6 Å². The molecule has 0 bridgehead atoms. The van der Waals surface area contributed by atoms with Gasteiger partial charge in [0.15, 0.2) is 37.0 Å². The molecule has 5 N–H and O–H groups in total. The van der Waals surface area contributed by atoms with Crippen molar-refractivity contribution in [1.82, 2.24) is 21.3 Å². The molecule has 2 heterocycles. The van der Waals surface area contributed by atoms with Crippen LogP contribution in [-0.2, 0) is 115 Å². The molecule has 2 aliphatic rings. The number of nitrogens with one attached hydrogen (secondary N) is 4. The maximum absolute atomic E-state index is 14.0. The van der Waals surface area contributed by atoms with Crippen LogP contribution in [0.15, 0.2) is 88.8 Å². The van der Waals surface area contributed by atoms with E-state index in [4.69, 9.17) is 66.3 Å². The van der Waals surface area contributed by atoms with Crippen molar-refractivity contribution in [2.24, 2.45) is 21.8 Å². The summed E-state index contributed by atoms with van der Waals surface area (Å²) in [5.74, 6) is -10.1. The number of carbonyl (C=O) groups excluding carboxylic acids is 12. The highest BCUT2D eigenvalue weighted by atomic mass is 16.7. The third kappa shape index (κ3) is 26.1. The van der Waals surface area contributed by atoms with Crippen molar-refractivity contribution in [2.75, 3.05) is 73.5 Å². The molecule has 5 unspecified atom stereocenters. The Morgan fingerprint density at radius 1 is 0.510 bits per heavy atom. The van der Waals surface area contributed by atoms with Gasteiger partial charge >= 0.3 is 41.9 Å². The van der Waals surface area contributed by atoms with Gasteiger partial charge in [0.1, 0.15) is 74.5 Å². The predicted octanol–water partition coefficient (Wildman–Crippen LogP) is 1.79. The Bertz CT molecular complexity index is 3270. The molecule has 6 amide bonds. The molecule has 2 saturated heterocycles. The number of methoxy groups -OCH3 is 2. The van der Waals surface area contributed by atoms with Crippen LogP contribution in [0.4, 0.5) is 4.79 Å². The number of aliphatic hydroxyl groups excluding tert-OH is 1. The average molecular weight is 1410 g/mol. The quantitative estimate of drug-likeness (QED) is 0.0182. The Balaban J connectivity index is 1.27. The molecule has 0 aromatic heterocycles. The Hall–Kier alpha value is -9.80. The SMILES string of the molecule is COc1ccc(C(OCC(O)COC(=O)NCCNC(=O)C(CCCCNC(=O)CO[C@@H]2O[C@H](COC(C)=O)[C@H](OC(C)=O)[C@H](OC(C)=O)C2/C=N/C(C)=O)NC(=O)CO[C@@H]2O[C@H](COC(C)=O)[C@H](OC(C)=O)C(OC(C)=O)C2/C=N/C(C)=O)(c2ccccc2)c2ccc(OC)cc2)cc1. The third-order valence-corrected chi connectivity index (χ3v) is 14.8. The number of alkyl carbamates (subject to hydrolysis) is 1.